The highest BCUT2D eigenvalue weighted by molar-refractivity contribution is 7.80. The second-order valence-corrected chi connectivity index (χ2v) is 9.14. The summed E-state index contributed by atoms with van der Waals surface area (Å²) in [5.41, 5.74) is 7.37. The first-order valence-electron chi connectivity index (χ1n) is 11.3. The number of phenolic OH excluding ortho intramolecular Hbond substituents is 1. The van der Waals surface area contributed by atoms with Crippen LogP contribution < -0.4 is 15.5 Å². The van der Waals surface area contributed by atoms with Gasteiger partial charge in [0.05, 0.1) is 5.71 Å². The van der Waals surface area contributed by atoms with E-state index in [9.17, 15) is 9.90 Å². The maximum Gasteiger partial charge on any atom is 0.219 e. The number of aromatic hydroxyl groups is 1. The van der Waals surface area contributed by atoms with Crippen molar-refractivity contribution in [3.05, 3.63) is 53.1 Å². The Labute approximate surface area is 199 Å². The monoisotopic (exact) mass is 466 g/mol. The molecule has 174 valence electrons. The molecule has 2 aliphatic heterocycles. The molecule has 2 aromatic carbocycles. The molecule has 2 heterocycles. The largest absolute Gasteiger partial charge is 0.508 e. The Morgan fingerprint density at radius 2 is 2.03 bits per heavy atom. The average Bonchev–Trinajstić information content (AvgIpc) is 2.79. The van der Waals surface area contributed by atoms with Crippen LogP contribution in [0.3, 0.4) is 0 Å². The molecule has 8 heteroatoms. The molecule has 2 aromatic rings. The second kappa shape index (κ2) is 9.39. The molecule has 0 aliphatic carbocycles. The number of ether oxygens (including phenoxy) is 1. The SMILES string of the molecule is CCc1cccc(C)c1NC(=S)NN=C1CC2(CCN(C(C)=O)CC2)Oc2ccc(O)cc21. The van der Waals surface area contributed by atoms with Crippen molar-refractivity contribution >= 4 is 34.6 Å². The van der Waals surface area contributed by atoms with E-state index in [0.717, 1.165) is 41.8 Å². The number of amides is 1. The first-order chi connectivity index (χ1) is 15.8. The summed E-state index contributed by atoms with van der Waals surface area (Å²) < 4.78 is 6.42. The zero-order chi connectivity index (χ0) is 23.6. The Hall–Kier alpha value is -3.13. The number of likely N-dealkylation sites (tertiary alicyclic amines) is 1. The number of nitrogens with zero attached hydrogens (tertiary/aromatic N) is 2. The molecular weight excluding hydrogens is 436 g/mol. The van der Waals surface area contributed by atoms with Gasteiger partial charge in [0.2, 0.25) is 5.91 Å². The molecule has 1 spiro atoms. The van der Waals surface area contributed by atoms with Gasteiger partial charge in [-0.25, -0.2) is 0 Å². The van der Waals surface area contributed by atoms with Gasteiger partial charge in [-0.15, -0.1) is 0 Å². The van der Waals surface area contributed by atoms with Crippen LogP contribution in [0.15, 0.2) is 41.5 Å². The van der Waals surface area contributed by atoms with E-state index < -0.39 is 5.60 Å². The van der Waals surface area contributed by atoms with Gasteiger partial charge in [-0.2, -0.15) is 5.10 Å². The number of piperidine rings is 1. The Kier molecular flexibility index (Phi) is 6.56. The van der Waals surface area contributed by atoms with E-state index in [4.69, 9.17) is 17.0 Å². The molecule has 0 aromatic heterocycles. The second-order valence-electron chi connectivity index (χ2n) is 8.74. The lowest BCUT2D eigenvalue weighted by Gasteiger charge is -2.44. The van der Waals surface area contributed by atoms with Gasteiger partial charge in [-0.3, -0.25) is 10.2 Å². The maximum absolute atomic E-state index is 11.8. The van der Waals surface area contributed by atoms with E-state index in [1.54, 1.807) is 25.1 Å². The van der Waals surface area contributed by atoms with Crippen molar-refractivity contribution in [1.29, 1.82) is 0 Å². The first kappa shape index (κ1) is 23.0. The Morgan fingerprint density at radius 3 is 2.73 bits per heavy atom. The molecule has 0 atom stereocenters. The molecule has 0 saturated carbocycles. The van der Waals surface area contributed by atoms with E-state index in [-0.39, 0.29) is 11.7 Å². The van der Waals surface area contributed by atoms with Gasteiger partial charge in [-0.1, -0.05) is 25.1 Å². The van der Waals surface area contributed by atoms with Crippen LogP contribution in [0.2, 0.25) is 0 Å². The van der Waals surface area contributed by atoms with E-state index in [2.05, 4.69) is 28.8 Å². The summed E-state index contributed by atoms with van der Waals surface area (Å²) >= 11 is 5.53. The minimum absolute atomic E-state index is 0.0839. The predicted octanol–water partition coefficient (Wildman–Crippen LogP) is 4.12. The van der Waals surface area contributed by atoms with Crippen LogP contribution in [0, 0.1) is 6.92 Å². The summed E-state index contributed by atoms with van der Waals surface area (Å²) in [5.74, 6) is 0.920. The molecule has 0 radical (unpaired) electrons. The predicted molar refractivity (Wildman–Crippen MR) is 134 cm³/mol. The zero-order valence-corrected chi connectivity index (χ0v) is 20.1. The number of hydrogen-bond acceptors (Lipinski definition) is 5. The number of hydrogen-bond donors (Lipinski definition) is 3. The summed E-state index contributed by atoms with van der Waals surface area (Å²) in [7, 11) is 0. The summed E-state index contributed by atoms with van der Waals surface area (Å²) in [6.07, 6.45) is 2.90. The molecule has 33 heavy (non-hydrogen) atoms. The van der Waals surface area contributed by atoms with Gasteiger partial charge in [0, 0.05) is 50.5 Å². The number of thiocarbonyl (C=S) groups is 1. The Balaban J connectivity index is 1.56. The normalized spacial score (nSPS) is 17.9. The van der Waals surface area contributed by atoms with E-state index in [1.165, 1.54) is 5.56 Å². The van der Waals surface area contributed by atoms with Crippen LogP contribution in [0.1, 0.15) is 49.8 Å². The third kappa shape index (κ3) is 4.95. The van der Waals surface area contributed by atoms with Crippen molar-refractivity contribution in [2.45, 2.75) is 52.1 Å². The quantitative estimate of drug-likeness (QED) is 0.466. The first-order valence-corrected chi connectivity index (χ1v) is 11.7. The lowest BCUT2D eigenvalue weighted by Crippen LogP contribution is -2.52. The number of nitrogens with one attached hydrogen (secondary N) is 2. The molecule has 0 unspecified atom stereocenters. The van der Waals surface area contributed by atoms with Crippen molar-refractivity contribution in [3.63, 3.8) is 0 Å². The van der Waals surface area contributed by atoms with Crippen LogP contribution in [0.5, 0.6) is 11.5 Å². The molecule has 1 saturated heterocycles. The smallest absolute Gasteiger partial charge is 0.219 e. The lowest BCUT2D eigenvalue weighted by atomic mass is 9.82. The van der Waals surface area contributed by atoms with Crippen molar-refractivity contribution in [2.75, 3.05) is 18.4 Å². The number of para-hydroxylation sites is 1. The number of anilines is 1. The molecular formula is C25H30N4O3S. The number of phenols is 1. The van der Waals surface area contributed by atoms with Crippen LogP contribution >= 0.6 is 12.2 Å². The standard InChI is InChI=1S/C25H30N4O3S/c1-4-18-7-5-6-16(2)23(18)26-24(33)28-27-21-15-25(10-12-29(13-11-25)17(3)30)32-22-9-8-19(31)14-20(21)22/h5-9,14,31H,4,10-13,15H2,1-3H3,(H2,26,28,33). The third-order valence-electron chi connectivity index (χ3n) is 6.48. The van der Waals surface area contributed by atoms with Gasteiger partial charge in [0.25, 0.3) is 0 Å². The third-order valence-corrected chi connectivity index (χ3v) is 6.67. The van der Waals surface area contributed by atoms with Crippen LogP contribution in [-0.2, 0) is 11.2 Å². The van der Waals surface area contributed by atoms with Crippen molar-refractivity contribution < 1.29 is 14.6 Å². The van der Waals surface area contributed by atoms with Crippen molar-refractivity contribution in [3.8, 4) is 11.5 Å². The van der Waals surface area contributed by atoms with Crippen molar-refractivity contribution in [1.82, 2.24) is 10.3 Å². The minimum atomic E-state index is -0.434. The number of carbonyl (C=O) groups excluding carboxylic acids is 1. The minimum Gasteiger partial charge on any atom is -0.508 e. The van der Waals surface area contributed by atoms with Crippen molar-refractivity contribution in [2.24, 2.45) is 5.10 Å². The number of hydrazone groups is 1. The zero-order valence-electron chi connectivity index (χ0n) is 19.3. The summed E-state index contributed by atoms with van der Waals surface area (Å²) in [6.45, 7) is 7.05. The maximum atomic E-state index is 11.8. The number of rotatable bonds is 3. The molecule has 3 N–H and O–H groups in total. The molecule has 4 rings (SSSR count). The van der Waals surface area contributed by atoms with Crippen LogP contribution in [-0.4, -0.2) is 45.4 Å². The van der Waals surface area contributed by atoms with Gasteiger partial charge in [0.15, 0.2) is 5.11 Å². The summed E-state index contributed by atoms with van der Waals surface area (Å²) in [5, 5.41) is 18.4. The Morgan fingerprint density at radius 1 is 1.27 bits per heavy atom. The Bertz CT molecular complexity index is 1110. The summed E-state index contributed by atoms with van der Waals surface area (Å²) in [4.78, 5) is 13.6. The van der Waals surface area contributed by atoms with E-state index in [1.807, 2.05) is 24.0 Å². The van der Waals surface area contributed by atoms with Gasteiger partial charge >= 0.3 is 0 Å². The van der Waals surface area contributed by atoms with E-state index >= 15 is 0 Å². The lowest BCUT2D eigenvalue weighted by molar-refractivity contribution is -0.132. The number of benzene rings is 2. The fourth-order valence-corrected chi connectivity index (χ4v) is 4.72. The summed E-state index contributed by atoms with van der Waals surface area (Å²) in [6, 6.07) is 11.2. The topological polar surface area (TPSA) is 86.2 Å². The highest BCUT2D eigenvalue weighted by Crippen LogP contribution is 2.40. The number of aryl methyl sites for hydroxylation is 2. The average molecular weight is 467 g/mol. The molecule has 1 amide bonds. The van der Waals surface area contributed by atoms with E-state index in [0.29, 0.717) is 30.4 Å². The van der Waals surface area contributed by atoms with Gasteiger partial charge in [0.1, 0.15) is 17.1 Å². The van der Waals surface area contributed by atoms with Crippen LogP contribution in [0.4, 0.5) is 5.69 Å². The fourth-order valence-electron chi connectivity index (χ4n) is 4.57. The molecule has 2 aliphatic rings. The van der Waals surface area contributed by atoms with Gasteiger partial charge < -0.3 is 20.1 Å². The highest BCUT2D eigenvalue weighted by Gasteiger charge is 2.42. The van der Waals surface area contributed by atoms with Gasteiger partial charge in [-0.05, 0) is 54.9 Å². The number of carbonyl (C=O) groups is 1. The molecule has 1 fully saturated rings. The fraction of sp³-hybridized carbons (Fsp3) is 0.400. The number of fused-ring (bicyclic) bond motifs is 1. The highest BCUT2D eigenvalue weighted by atomic mass is 32.1. The molecule has 7 nitrogen and oxygen atoms in total. The molecule has 0 bridgehead atoms. The van der Waals surface area contributed by atoms with Crippen LogP contribution in [0.25, 0.3) is 0 Å².